The summed E-state index contributed by atoms with van der Waals surface area (Å²) in [6, 6.07) is 6.55. The summed E-state index contributed by atoms with van der Waals surface area (Å²) in [7, 11) is 0. The molecule has 1 atom stereocenters. The molecule has 1 heterocycles. The highest BCUT2D eigenvalue weighted by atomic mass is 19.1. The SMILES string of the molecule is CC1(C)CCN(c2cccc(F)c2)CC1O. The first-order valence-electron chi connectivity index (χ1n) is 5.68. The lowest BCUT2D eigenvalue weighted by Crippen LogP contribution is -2.48. The van der Waals surface area contributed by atoms with Gasteiger partial charge in [-0.1, -0.05) is 19.9 Å². The zero-order valence-corrected chi connectivity index (χ0v) is 9.78. The maximum Gasteiger partial charge on any atom is 0.125 e. The molecule has 0 aliphatic carbocycles. The van der Waals surface area contributed by atoms with Crippen molar-refractivity contribution in [3.05, 3.63) is 30.1 Å². The third-order valence-electron chi connectivity index (χ3n) is 3.49. The van der Waals surface area contributed by atoms with E-state index in [-0.39, 0.29) is 17.3 Å². The van der Waals surface area contributed by atoms with Crippen LogP contribution in [0.3, 0.4) is 0 Å². The van der Waals surface area contributed by atoms with Gasteiger partial charge in [0.1, 0.15) is 5.82 Å². The van der Waals surface area contributed by atoms with Crippen molar-refractivity contribution in [3.8, 4) is 0 Å². The molecular weight excluding hydrogens is 205 g/mol. The van der Waals surface area contributed by atoms with E-state index >= 15 is 0 Å². The molecule has 1 unspecified atom stereocenters. The summed E-state index contributed by atoms with van der Waals surface area (Å²) in [6.07, 6.45) is 0.564. The van der Waals surface area contributed by atoms with Gasteiger partial charge in [-0.05, 0) is 30.0 Å². The fraction of sp³-hybridized carbons (Fsp3) is 0.538. The number of aliphatic hydroxyl groups excluding tert-OH is 1. The minimum atomic E-state index is -0.357. The smallest absolute Gasteiger partial charge is 0.125 e. The number of rotatable bonds is 1. The molecule has 0 spiro atoms. The second-order valence-electron chi connectivity index (χ2n) is 5.18. The van der Waals surface area contributed by atoms with Crippen LogP contribution in [0.4, 0.5) is 10.1 Å². The average Bonchev–Trinajstić information content (AvgIpc) is 2.22. The lowest BCUT2D eigenvalue weighted by Gasteiger charge is -2.42. The quantitative estimate of drug-likeness (QED) is 0.790. The molecule has 0 amide bonds. The Morgan fingerprint density at radius 2 is 2.19 bits per heavy atom. The van der Waals surface area contributed by atoms with Crippen molar-refractivity contribution in [1.82, 2.24) is 0 Å². The van der Waals surface area contributed by atoms with E-state index in [1.54, 1.807) is 6.07 Å². The summed E-state index contributed by atoms with van der Waals surface area (Å²) < 4.78 is 13.1. The molecule has 3 heteroatoms. The number of β-amino-alcohol motifs (C(OH)–C–C–N with tert-alkyl or cyclic N) is 1. The van der Waals surface area contributed by atoms with Gasteiger partial charge in [-0.2, -0.15) is 0 Å². The van der Waals surface area contributed by atoms with Crippen LogP contribution >= 0.6 is 0 Å². The van der Waals surface area contributed by atoms with Crippen LogP contribution < -0.4 is 4.90 Å². The third-order valence-corrected chi connectivity index (χ3v) is 3.49. The van der Waals surface area contributed by atoms with Crippen LogP contribution in [0.25, 0.3) is 0 Å². The number of hydrogen-bond donors (Lipinski definition) is 1. The Balaban J connectivity index is 2.14. The summed E-state index contributed by atoms with van der Waals surface area (Å²) in [6.45, 7) is 5.59. The Morgan fingerprint density at radius 3 is 2.81 bits per heavy atom. The van der Waals surface area contributed by atoms with Crippen molar-refractivity contribution in [2.75, 3.05) is 18.0 Å². The van der Waals surface area contributed by atoms with Crippen LogP contribution in [0, 0.1) is 11.2 Å². The lowest BCUT2D eigenvalue weighted by molar-refractivity contribution is 0.0351. The predicted octanol–water partition coefficient (Wildman–Crippen LogP) is 2.42. The van der Waals surface area contributed by atoms with E-state index in [0.717, 1.165) is 18.7 Å². The van der Waals surface area contributed by atoms with Crippen molar-refractivity contribution in [1.29, 1.82) is 0 Å². The van der Waals surface area contributed by atoms with Crippen molar-refractivity contribution in [2.45, 2.75) is 26.4 Å². The predicted molar refractivity (Wildman–Crippen MR) is 63.0 cm³/mol. The monoisotopic (exact) mass is 223 g/mol. The van der Waals surface area contributed by atoms with Crippen LogP contribution in [-0.4, -0.2) is 24.3 Å². The molecule has 0 radical (unpaired) electrons. The van der Waals surface area contributed by atoms with E-state index in [4.69, 9.17) is 0 Å². The van der Waals surface area contributed by atoms with Crippen molar-refractivity contribution in [3.63, 3.8) is 0 Å². The van der Waals surface area contributed by atoms with Gasteiger partial charge in [0.2, 0.25) is 0 Å². The first-order chi connectivity index (χ1) is 7.49. The molecular formula is C13H18FNO. The molecule has 1 saturated heterocycles. The number of piperidine rings is 1. The fourth-order valence-electron chi connectivity index (χ4n) is 2.04. The van der Waals surface area contributed by atoms with Gasteiger partial charge in [0.25, 0.3) is 0 Å². The summed E-state index contributed by atoms with van der Waals surface area (Å²) in [4.78, 5) is 2.04. The van der Waals surface area contributed by atoms with E-state index in [2.05, 4.69) is 13.8 Å². The van der Waals surface area contributed by atoms with E-state index in [1.165, 1.54) is 12.1 Å². The Labute approximate surface area is 95.7 Å². The zero-order chi connectivity index (χ0) is 11.8. The highest BCUT2D eigenvalue weighted by Gasteiger charge is 2.34. The second kappa shape index (κ2) is 4.06. The van der Waals surface area contributed by atoms with Gasteiger partial charge in [0.05, 0.1) is 6.10 Å². The van der Waals surface area contributed by atoms with E-state index < -0.39 is 0 Å². The topological polar surface area (TPSA) is 23.5 Å². The molecule has 2 nitrogen and oxygen atoms in total. The molecule has 16 heavy (non-hydrogen) atoms. The molecule has 1 N–H and O–H groups in total. The largest absolute Gasteiger partial charge is 0.391 e. The van der Waals surface area contributed by atoms with Gasteiger partial charge >= 0.3 is 0 Å². The number of aliphatic hydroxyl groups is 1. The van der Waals surface area contributed by atoms with Crippen LogP contribution in [0.2, 0.25) is 0 Å². The van der Waals surface area contributed by atoms with Gasteiger partial charge in [0.15, 0.2) is 0 Å². The van der Waals surface area contributed by atoms with Crippen molar-refractivity contribution < 1.29 is 9.50 Å². The minimum Gasteiger partial charge on any atom is -0.391 e. The van der Waals surface area contributed by atoms with E-state index in [9.17, 15) is 9.50 Å². The van der Waals surface area contributed by atoms with Crippen LogP contribution in [0.5, 0.6) is 0 Å². The molecule has 0 bridgehead atoms. The first kappa shape index (κ1) is 11.4. The standard InChI is InChI=1S/C13H18FNO/c1-13(2)6-7-15(9-12(13)16)11-5-3-4-10(14)8-11/h3-5,8,12,16H,6-7,9H2,1-2H3. The van der Waals surface area contributed by atoms with Gasteiger partial charge in [-0.15, -0.1) is 0 Å². The van der Waals surface area contributed by atoms with E-state index in [1.807, 2.05) is 11.0 Å². The summed E-state index contributed by atoms with van der Waals surface area (Å²) in [5, 5.41) is 10.0. The number of nitrogens with zero attached hydrogens (tertiary/aromatic N) is 1. The highest BCUT2D eigenvalue weighted by molar-refractivity contribution is 5.47. The molecule has 1 aliphatic rings. The Kier molecular flexibility index (Phi) is 2.89. The molecule has 1 aromatic rings. The normalized spacial score (nSPS) is 24.5. The Morgan fingerprint density at radius 1 is 1.44 bits per heavy atom. The van der Waals surface area contributed by atoms with Crippen molar-refractivity contribution in [2.24, 2.45) is 5.41 Å². The Hall–Kier alpha value is -1.09. The molecule has 1 fully saturated rings. The number of anilines is 1. The second-order valence-corrected chi connectivity index (χ2v) is 5.18. The van der Waals surface area contributed by atoms with Gasteiger partial charge in [-0.3, -0.25) is 0 Å². The van der Waals surface area contributed by atoms with Gasteiger partial charge in [-0.25, -0.2) is 4.39 Å². The van der Waals surface area contributed by atoms with Crippen molar-refractivity contribution >= 4 is 5.69 Å². The molecule has 88 valence electrons. The molecule has 2 rings (SSSR count). The summed E-state index contributed by atoms with van der Waals surface area (Å²) in [5.74, 6) is -0.225. The first-order valence-corrected chi connectivity index (χ1v) is 5.68. The maximum absolute atomic E-state index is 13.1. The molecule has 1 aromatic carbocycles. The van der Waals surface area contributed by atoms with E-state index in [0.29, 0.717) is 6.54 Å². The zero-order valence-electron chi connectivity index (χ0n) is 9.78. The molecule has 1 aliphatic heterocycles. The average molecular weight is 223 g/mol. The summed E-state index contributed by atoms with van der Waals surface area (Å²) in [5.41, 5.74) is 0.818. The minimum absolute atomic E-state index is 0.0379. The fourth-order valence-corrected chi connectivity index (χ4v) is 2.04. The van der Waals surface area contributed by atoms with Crippen LogP contribution in [0.1, 0.15) is 20.3 Å². The lowest BCUT2D eigenvalue weighted by atomic mass is 9.80. The van der Waals surface area contributed by atoms with Crippen LogP contribution in [-0.2, 0) is 0 Å². The molecule has 0 saturated carbocycles. The van der Waals surface area contributed by atoms with Crippen LogP contribution in [0.15, 0.2) is 24.3 Å². The Bertz CT molecular complexity index is 378. The maximum atomic E-state index is 13.1. The highest BCUT2D eigenvalue weighted by Crippen LogP contribution is 2.32. The number of hydrogen-bond acceptors (Lipinski definition) is 2. The van der Waals surface area contributed by atoms with Gasteiger partial charge in [0, 0.05) is 18.8 Å². The summed E-state index contributed by atoms with van der Waals surface area (Å²) >= 11 is 0. The number of halogens is 1. The number of benzene rings is 1. The molecule has 0 aromatic heterocycles. The third kappa shape index (κ3) is 2.19. The van der Waals surface area contributed by atoms with Gasteiger partial charge < -0.3 is 10.0 Å².